The fourth-order valence-corrected chi connectivity index (χ4v) is 1.97. The van der Waals surface area contributed by atoms with E-state index in [0.717, 1.165) is 29.6 Å². The third kappa shape index (κ3) is 2.61. The number of H-pyrrole nitrogens is 1. The predicted molar refractivity (Wildman–Crippen MR) is 69.5 cm³/mol. The second-order valence-electron chi connectivity index (χ2n) is 3.89. The summed E-state index contributed by atoms with van der Waals surface area (Å²) >= 11 is 5.26. The van der Waals surface area contributed by atoms with Gasteiger partial charge in [0.1, 0.15) is 0 Å². The van der Waals surface area contributed by atoms with Gasteiger partial charge in [-0.05, 0) is 44.1 Å². The Balaban J connectivity index is 1.90. The van der Waals surface area contributed by atoms with Crippen LogP contribution in [0.25, 0.3) is 0 Å². The van der Waals surface area contributed by atoms with Gasteiger partial charge in [0.25, 0.3) is 0 Å². The lowest BCUT2D eigenvalue weighted by Gasteiger charge is -2.17. The van der Waals surface area contributed by atoms with Crippen LogP contribution in [-0.2, 0) is 0 Å². The second-order valence-corrected chi connectivity index (χ2v) is 4.28. The van der Waals surface area contributed by atoms with Gasteiger partial charge in [0.2, 0.25) is 0 Å². The van der Waals surface area contributed by atoms with E-state index in [0.29, 0.717) is 0 Å². The van der Waals surface area contributed by atoms with Crippen LogP contribution in [0.2, 0.25) is 0 Å². The summed E-state index contributed by atoms with van der Waals surface area (Å²) in [6, 6.07) is 3.94. The monoisotopic (exact) mass is 236 g/mol. The molecular weight excluding hydrogens is 220 g/mol. The minimum atomic E-state index is 0.725. The highest BCUT2D eigenvalue weighted by atomic mass is 32.1. The summed E-state index contributed by atoms with van der Waals surface area (Å²) in [5, 5.41) is 4.99. The molecule has 1 aliphatic heterocycles. The number of nitrogens with one attached hydrogen (secondary N) is 2. The highest BCUT2D eigenvalue weighted by Gasteiger charge is 2.13. The van der Waals surface area contributed by atoms with Gasteiger partial charge in [0.05, 0.1) is 11.4 Å². The normalized spacial score (nSPS) is 16.6. The second kappa shape index (κ2) is 5.12. The van der Waals surface area contributed by atoms with E-state index in [1.54, 1.807) is 0 Å². The molecule has 0 spiro atoms. The van der Waals surface area contributed by atoms with Crippen LogP contribution in [0.15, 0.2) is 23.4 Å². The first-order chi connectivity index (χ1) is 7.77. The summed E-state index contributed by atoms with van der Waals surface area (Å²) < 4.78 is 0. The third-order valence-electron chi connectivity index (χ3n) is 2.70. The lowest BCUT2D eigenvalue weighted by atomic mass is 10.3. The topological polar surface area (TPSA) is 43.4 Å². The first kappa shape index (κ1) is 11.1. The average molecular weight is 236 g/mol. The van der Waals surface area contributed by atoms with Crippen molar-refractivity contribution >= 4 is 23.0 Å². The molecule has 5 heteroatoms. The first-order valence-electron chi connectivity index (χ1n) is 5.50. The van der Waals surface area contributed by atoms with Crippen LogP contribution < -0.4 is 5.43 Å². The van der Waals surface area contributed by atoms with E-state index < -0.39 is 0 Å². The van der Waals surface area contributed by atoms with Gasteiger partial charge in [-0.25, -0.2) is 0 Å². The zero-order chi connectivity index (χ0) is 11.4. The van der Waals surface area contributed by atoms with Crippen molar-refractivity contribution in [3.63, 3.8) is 0 Å². The highest BCUT2D eigenvalue weighted by molar-refractivity contribution is 7.80. The molecule has 2 rings (SSSR count). The number of hydrogen-bond donors (Lipinski definition) is 2. The van der Waals surface area contributed by atoms with Crippen molar-refractivity contribution in [1.29, 1.82) is 0 Å². The molecule has 1 aliphatic rings. The first-order valence-corrected chi connectivity index (χ1v) is 5.91. The Kier molecular flexibility index (Phi) is 3.56. The molecule has 0 atom stereocenters. The largest absolute Gasteiger partial charge is 0.360 e. The Morgan fingerprint density at radius 1 is 1.50 bits per heavy atom. The summed E-state index contributed by atoms with van der Waals surface area (Å²) in [4.78, 5) is 5.26. The zero-order valence-electron chi connectivity index (χ0n) is 9.36. The van der Waals surface area contributed by atoms with E-state index in [4.69, 9.17) is 12.2 Å². The molecular formula is C11H16N4S. The van der Waals surface area contributed by atoms with Gasteiger partial charge in [-0.1, -0.05) is 0 Å². The van der Waals surface area contributed by atoms with Crippen LogP contribution in [0.1, 0.15) is 25.5 Å². The van der Waals surface area contributed by atoms with Gasteiger partial charge in [-0.2, -0.15) is 5.10 Å². The maximum atomic E-state index is 5.26. The summed E-state index contributed by atoms with van der Waals surface area (Å²) in [5.41, 5.74) is 4.86. The van der Waals surface area contributed by atoms with Gasteiger partial charge < -0.3 is 9.88 Å². The molecule has 1 fully saturated rings. The Morgan fingerprint density at radius 3 is 2.88 bits per heavy atom. The minimum Gasteiger partial charge on any atom is -0.360 e. The summed E-state index contributed by atoms with van der Waals surface area (Å²) in [5.74, 6) is 0. The fourth-order valence-electron chi connectivity index (χ4n) is 1.74. The van der Waals surface area contributed by atoms with E-state index in [1.165, 1.54) is 12.8 Å². The van der Waals surface area contributed by atoms with Gasteiger partial charge in [-0.3, -0.25) is 5.43 Å². The molecule has 0 saturated carbocycles. The molecule has 0 radical (unpaired) electrons. The molecule has 86 valence electrons. The van der Waals surface area contributed by atoms with Gasteiger partial charge in [0, 0.05) is 19.3 Å². The Hall–Kier alpha value is -1.36. The van der Waals surface area contributed by atoms with Crippen LogP contribution in [-0.4, -0.2) is 33.8 Å². The van der Waals surface area contributed by atoms with E-state index in [1.807, 2.05) is 25.3 Å². The van der Waals surface area contributed by atoms with Crippen molar-refractivity contribution in [3.05, 3.63) is 24.0 Å². The number of aromatic nitrogens is 1. The highest BCUT2D eigenvalue weighted by Crippen LogP contribution is 2.07. The predicted octanol–water partition coefficient (Wildman–Crippen LogP) is 1.71. The van der Waals surface area contributed by atoms with Crippen molar-refractivity contribution in [3.8, 4) is 0 Å². The molecule has 1 saturated heterocycles. The molecule has 1 aromatic heterocycles. The summed E-state index contributed by atoms with van der Waals surface area (Å²) in [6.07, 6.45) is 4.33. The maximum absolute atomic E-state index is 5.26. The minimum absolute atomic E-state index is 0.725. The molecule has 0 bridgehead atoms. The van der Waals surface area contributed by atoms with E-state index in [9.17, 15) is 0 Å². The molecule has 4 nitrogen and oxygen atoms in total. The summed E-state index contributed by atoms with van der Waals surface area (Å²) in [6.45, 7) is 4.04. The SMILES string of the molecule is C/C(=N/NC(=S)N1CCCC1)c1ccc[nH]1. The number of likely N-dealkylation sites (tertiary alicyclic amines) is 1. The fraction of sp³-hybridized carbons (Fsp3) is 0.455. The molecule has 2 N–H and O–H groups in total. The zero-order valence-corrected chi connectivity index (χ0v) is 10.2. The van der Waals surface area contributed by atoms with Crippen molar-refractivity contribution in [2.75, 3.05) is 13.1 Å². The summed E-state index contributed by atoms with van der Waals surface area (Å²) in [7, 11) is 0. The molecule has 16 heavy (non-hydrogen) atoms. The van der Waals surface area contributed by atoms with Crippen molar-refractivity contribution in [2.45, 2.75) is 19.8 Å². The molecule has 0 amide bonds. The molecule has 1 aromatic rings. The van der Waals surface area contributed by atoms with Crippen LogP contribution in [0.4, 0.5) is 0 Å². The Bertz CT molecular complexity index is 377. The average Bonchev–Trinajstić information content (AvgIpc) is 2.95. The van der Waals surface area contributed by atoms with Crippen LogP contribution >= 0.6 is 12.2 Å². The lowest BCUT2D eigenvalue weighted by molar-refractivity contribution is 0.509. The van der Waals surface area contributed by atoms with Gasteiger partial charge in [0.15, 0.2) is 5.11 Å². The van der Waals surface area contributed by atoms with E-state index >= 15 is 0 Å². The quantitative estimate of drug-likeness (QED) is 0.467. The lowest BCUT2D eigenvalue weighted by Crippen LogP contribution is -2.35. The van der Waals surface area contributed by atoms with E-state index in [-0.39, 0.29) is 0 Å². The number of thiocarbonyl (C=S) groups is 1. The van der Waals surface area contributed by atoms with Gasteiger partial charge >= 0.3 is 0 Å². The van der Waals surface area contributed by atoms with Crippen LogP contribution in [0.5, 0.6) is 0 Å². The molecule has 0 aliphatic carbocycles. The Labute approximate surface area is 101 Å². The maximum Gasteiger partial charge on any atom is 0.189 e. The number of hydrazone groups is 1. The molecule has 0 aromatic carbocycles. The standard InChI is InChI=1S/C11H16N4S/c1-9(10-5-4-6-12-10)13-14-11(16)15-7-2-3-8-15/h4-6,12H,2-3,7-8H2,1H3,(H,14,16)/b13-9-. The Morgan fingerprint density at radius 2 is 2.25 bits per heavy atom. The number of hydrogen-bond acceptors (Lipinski definition) is 2. The number of aromatic amines is 1. The van der Waals surface area contributed by atoms with Gasteiger partial charge in [-0.15, -0.1) is 0 Å². The van der Waals surface area contributed by atoms with Crippen LogP contribution in [0, 0.1) is 0 Å². The van der Waals surface area contributed by atoms with Crippen LogP contribution in [0.3, 0.4) is 0 Å². The third-order valence-corrected chi connectivity index (χ3v) is 3.05. The van der Waals surface area contributed by atoms with Crippen molar-refractivity contribution in [1.82, 2.24) is 15.3 Å². The van der Waals surface area contributed by atoms with E-state index in [2.05, 4.69) is 20.4 Å². The smallest absolute Gasteiger partial charge is 0.189 e. The van der Waals surface area contributed by atoms with Crippen molar-refractivity contribution < 1.29 is 0 Å². The van der Waals surface area contributed by atoms with Crippen molar-refractivity contribution in [2.24, 2.45) is 5.10 Å². The number of nitrogens with zero attached hydrogens (tertiary/aromatic N) is 2. The number of rotatable bonds is 2. The molecule has 0 unspecified atom stereocenters. The molecule has 2 heterocycles.